The van der Waals surface area contributed by atoms with Gasteiger partial charge in [-0.15, -0.1) is 0 Å². The van der Waals surface area contributed by atoms with Gasteiger partial charge in [-0.1, -0.05) is 30.3 Å². The summed E-state index contributed by atoms with van der Waals surface area (Å²) in [5, 5.41) is 2.82. The molecule has 1 aliphatic rings. The van der Waals surface area contributed by atoms with Crippen molar-refractivity contribution in [2.75, 3.05) is 20.2 Å². The molecule has 10 heteroatoms. The second-order valence-corrected chi connectivity index (χ2v) is 9.61. The Morgan fingerprint density at radius 3 is 2.42 bits per heavy atom. The lowest BCUT2D eigenvalue weighted by atomic mass is 10.0. The Bertz CT molecular complexity index is 1100. The van der Waals surface area contributed by atoms with Gasteiger partial charge < -0.3 is 15.0 Å². The first-order valence-corrected chi connectivity index (χ1v) is 12.2. The van der Waals surface area contributed by atoms with Crippen LogP contribution >= 0.6 is 0 Å². The Hall–Kier alpha value is -2.98. The number of hydrogen-bond acceptors (Lipinski definition) is 5. The molecule has 0 aromatic heterocycles. The SMILES string of the molecule is COc1ccccc1CC(=O)N1CCC(NC(=O)[C@H](C)NS(=O)(=O)c2ccccc2F)CC1. The molecule has 1 aliphatic heterocycles. The van der Waals surface area contributed by atoms with E-state index in [2.05, 4.69) is 10.0 Å². The van der Waals surface area contributed by atoms with Crippen LogP contribution in [-0.2, 0) is 26.0 Å². The van der Waals surface area contributed by atoms with E-state index in [1.165, 1.54) is 19.1 Å². The predicted molar refractivity (Wildman–Crippen MR) is 121 cm³/mol. The van der Waals surface area contributed by atoms with Crippen LogP contribution in [-0.4, -0.2) is 57.4 Å². The minimum absolute atomic E-state index is 0.0182. The van der Waals surface area contributed by atoms with Crippen LogP contribution in [0.5, 0.6) is 5.75 Å². The third kappa shape index (κ3) is 6.29. The van der Waals surface area contributed by atoms with E-state index in [1.54, 1.807) is 12.0 Å². The number of carbonyl (C=O) groups is 2. The van der Waals surface area contributed by atoms with Gasteiger partial charge in [0.15, 0.2) is 0 Å². The first kappa shape index (κ1) is 24.7. The van der Waals surface area contributed by atoms with Gasteiger partial charge in [0.05, 0.1) is 19.6 Å². The molecule has 1 fully saturated rings. The van der Waals surface area contributed by atoms with Crippen molar-refractivity contribution in [2.24, 2.45) is 0 Å². The normalized spacial score (nSPS) is 15.7. The topological polar surface area (TPSA) is 105 Å². The molecule has 1 heterocycles. The highest BCUT2D eigenvalue weighted by molar-refractivity contribution is 7.89. The second-order valence-electron chi connectivity index (χ2n) is 7.93. The molecule has 0 saturated carbocycles. The lowest BCUT2D eigenvalue weighted by molar-refractivity contribution is -0.131. The first-order valence-electron chi connectivity index (χ1n) is 10.7. The zero-order valence-electron chi connectivity index (χ0n) is 18.6. The molecular weight excluding hydrogens is 449 g/mol. The van der Waals surface area contributed by atoms with Gasteiger partial charge in [0.25, 0.3) is 0 Å². The van der Waals surface area contributed by atoms with Crippen molar-refractivity contribution in [2.45, 2.75) is 43.2 Å². The molecule has 2 amide bonds. The summed E-state index contributed by atoms with van der Waals surface area (Å²) in [7, 11) is -2.62. The molecule has 0 radical (unpaired) electrons. The van der Waals surface area contributed by atoms with Gasteiger partial charge in [-0.25, -0.2) is 12.8 Å². The molecule has 0 bridgehead atoms. The smallest absolute Gasteiger partial charge is 0.244 e. The Kier molecular flexibility index (Phi) is 8.04. The maximum Gasteiger partial charge on any atom is 0.244 e. The molecule has 8 nitrogen and oxygen atoms in total. The number of para-hydroxylation sites is 1. The molecule has 2 N–H and O–H groups in total. The number of nitrogens with one attached hydrogen (secondary N) is 2. The van der Waals surface area contributed by atoms with Crippen LogP contribution in [0, 0.1) is 5.82 Å². The highest BCUT2D eigenvalue weighted by Crippen LogP contribution is 2.20. The number of hydrogen-bond donors (Lipinski definition) is 2. The number of likely N-dealkylation sites (tertiary alicyclic amines) is 1. The minimum atomic E-state index is -4.18. The van der Waals surface area contributed by atoms with Crippen LogP contribution in [0.3, 0.4) is 0 Å². The van der Waals surface area contributed by atoms with Gasteiger partial charge in [-0.05, 0) is 38.0 Å². The van der Waals surface area contributed by atoms with Gasteiger partial charge in [0, 0.05) is 24.7 Å². The zero-order valence-corrected chi connectivity index (χ0v) is 19.4. The van der Waals surface area contributed by atoms with Gasteiger partial charge in [0.1, 0.15) is 16.5 Å². The van der Waals surface area contributed by atoms with Gasteiger partial charge in [0.2, 0.25) is 21.8 Å². The van der Waals surface area contributed by atoms with E-state index in [1.807, 2.05) is 24.3 Å². The molecule has 0 spiro atoms. The van der Waals surface area contributed by atoms with Gasteiger partial charge in [-0.2, -0.15) is 4.72 Å². The van der Waals surface area contributed by atoms with Crippen molar-refractivity contribution in [1.82, 2.24) is 14.9 Å². The average molecular weight is 478 g/mol. The van der Waals surface area contributed by atoms with Crippen LogP contribution < -0.4 is 14.8 Å². The number of methoxy groups -OCH3 is 1. The van der Waals surface area contributed by atoms with E-state index < -0.39 is 32.7 Å². The third-order valence-electron chi connectivity index (χ3n) is 5.58. The maximum atomic E-state index is 13.8. The van der Waals surface area contributed by atoms with Crippen molar-refractivity contribution >= 4 is 21.8 Å². The van der Waals surface area contributed by atoms with E-state index in [0.717, 1.165) is 17.7 Å². The van der Waals surface area contributed by atoms with Gasteiger partial charge in [-0.3, -0.25) is 9.59 Å². The highest BCUT2D eigenvalue weighted by Gasteiger charge is 2.28. The van der Waals surface area contributed by atoms with Crippen molar-refractivity contribution < 1.29 is 27.1 Å². The Morgan fingerprint density at radius 1 is 1.12 bits per heavy atom. The van der Waals surface area contributed by atoms with E-state index in [9.17, 15) is 22.4 Å². The molecular formula is C23H28FN3O5S. The molecule has 2 aromatic carbocycles. The average Bonchev–Trinajstić information content (AvgIpc) is 2.79. The number of carbonyl (C=O) groups excluding carboxylic acids is 2. The van der Waals surface area contributed by atoms with Crippen LogP contribution in [0.2, 0.25) is 0 Å². The number of sulfonamides is 1. The maximum absolute atomic E-state index is 13.8. The van der Waals surface area contributed by atoms with E-state index in [4.69, 9.17) is 4.74 Å². The summed E-state index contributed by atoms with van der Waals surface area (Å²) >= 11 is 0. The largest absolute Gasteiger partial charge is 0.496 e. The third-order valence-corrected chi connectivity index (χ3v) is 7.15. The summed E-state index contributed by atoms with van der Waals surface area (Å²) in [4.78, 5) is 26.4. The number of ether oxygens (including phenoxy) is 1. The number of piperidine rings is 1. The molecule has 0 aliphatic carbocycles. The summed E-state index contributed by atoms with van der Waals surface area (Å²) in [5.74, 6) is -0.744. The summed E-state index contributed by atoms with van der Waals surface area (Å²) in [5.41, 5.74) is 0.816. The molecule has 1 saturated heterocycles. The molecule has 1 atom stereocenters. The summed E-state index contributed by atoms with van der Waals surface area (Å²) in [6, 6.07) is 11.1. The molecule has 0 unspecified atom stereocenters. The highest BCUT2D eigenvalue weighted by atomic mass is 32.2. The second kappa shape index (κ2) is 10.8. The Morgan fingerprint density at radius 2 is 1.76 bits per heavy atom. The number of amides is 2. The van der Waals surface area contributed by atoms with Gasteiger partial charge >= 0.3 is 0 Å². The number of rotatable bonds is 8. The molecule has 178 valence electrons. The summed E-state index contributed by atoms with van der Waals surface area (Å²) < 4.78 is 46.1. The Balaban J connectivity index is 1.49. The minimum Gasteiger partial charge on any atom is -0.496 e. The fraction of sp³-hybridized carbons (Fsp3) is 0.391. The zero-order chi connectivity index (χ0) is 24.0. The monoisotopic (exact) mass is 477 g/mol. The van der Waals surface area contributed by atoms with Crippen molar-refractivity contribution in [1.29, 1.82) is 0 Å². The molecule has 33 heavy (non-hydrogen) atoms. The van der Waals surface area contributed by atoms with Crippen LogP contribution in [0.1, 0.15) is 25.3 Å². The van der Waals surface area contributed by atoms with E-state index in [0.29, 0.717) is 31.7 Å². The van der Waals surface area contributed by atoms with Crippen LogP contribution in [0.25, 0.3) is 0 Å². The van der Waals surface area contributed by atoms with Crippen molar-refractivity contribution in [3.63, 3.8) is 0 Å². The lowest BCUT2D eigenvalue weighted by Crippen LogP contribution is -2.51. The lowest BCUT2D eigenvalue weighted by Gasteiger charge is -2.33. The molecule has 2 aromatic rings. The number of benzene rings is 2. The quantitative estimate of drug-likeness (QED) is 0.604. The fourth-order valence-corrected chi connectivity index (χ4v) is 5.02. The summed E-state index contributed by atoms with van der Waals surface area (Å²) in [6.07, 6.45) is 1.34. The van der Waals surface area contributed by atoms with Crippen LogP contribution in [0.15, 0.2) is 53.4 Å². The predicted octanol–water partition coefficient (Wildman–Crippen LogP) is 1.85. The summed E-state index contributed by atoms with van der Waals surface area (Å²) in [6.45, 7) is 2.36. The van der Waals surface area contributed by atoms with Crippen LogP contribution in [0.4, 0.5) is 4.39 Å². The van der Waals surface area contributed by atoms with Crippen molar-refractivity contribution in [3.05, 3.63) is 59.9 Å². The molecule has 3 rings (SSSR count). The Labute approximate surface area is 193 Å². The number of nitrogens with zero attached hydrogens (tertiary/aromatic N) is 1. The van der Waals surface area contributed by atoms with E-state index >= 15 is 0 Å². The standard InChI is InChI=1S/C23H28FN3O5S/c1-16(26-33(30,31)21-10-6-4-8-19(21)24)23(29)25-18-11-13-27(14-12-18)22(28)15-17-7-3-5-9-20(17)32-2/h3-10,16,18,26H,11-15H2,1-2H3,(H,25,29)/t16-/m0/s1. The fourth-order valence-electron chi connectivity index (χ4n) is 3.74. The number of halogens is 1. The van der Waals surface area contributed by atoms with E-state index in [-0.39, 0.29) is 18.4 Å². The first-order chi connectivity index (χ1) is 15.7. The van der Waals surface area contributed by atoms with Crippen molar-refractivity contribution in [3.8, 4) is 5.75 Å².